The van der Waals surface area contributed by atoms with Gasteiger partial charge in [-0.05, 0) is 38.8 Å². The zero-order valence-corrected chi connectivity index (χ0v) is 15.3. The van der Waals surface area contributed by atoms with E-state index in [0.717, 1.165) is 41.6 Å². The molecular formula is C18H18F2N4OS. The van der Waals surface area contributed by atoms with Gasteiger partial charge in [-0.3, -0.25) is 14.4 Å². The second kappa shape index (κ2) is 6.42. The first kappa shape index (κ1) is 17.1. The number of nitrogens with zero attached hydrogens (tertiary/aromatic N) is 4. The van der Waals surface area contributed by atoms with E-state index in [4.69, 9.17) is 0 Å². The molecule has 1 amide bonds. The van der Waals surface area contributed by atoms with Crippen LogP contribution in [0.15, 0.2) is 18.2 Å². The largest absolute Gasteiger partial charge is 0.286 e. The molecule has 1 aliphatic rings. The predicted molar refractivity (Wildman–Crippen MR) is 96.3 cm³/mol. The summed E-state index contributed by atoms with van der Waals surface area (Å²) in [5.41, 5.74) is 2.03. The molecule has 0 N–H and O–H groups in total. The van der Waals surface area contributed by atoms with E-state index in [1.54, 1.807) is 4.90 Å². The summed E-state index contributed by atoms with van der Waals surface area (Å²) in [5.74, 6) is -1.36. The molecule has 5 nitrogen and oxygen atoms in total. The van der Waals surface area contributed by atoms with Crippen molar-refractivity contribution >= 4 is 32.6 Å². The summed E-state index contributed by atoms with van der Waals surface area (Å²) in [4.78, 5) is 18.6. The Morgan fingerprint density at radius 1 is 1.31 bits per heavy atom. The van der Waals surface area contributed by atoms with Gasteiger partial charge < -0.3 is 0 Å². The fourth-order valence-electron chi connectivity index (χ4n) is 3.01. The number of fused-ring (bicyclic) bond motifs is 1. The molecule has 136 valence electrons. The summed E-state index contributed by atoms with van der Waals surface area (Å²) in [5, 5.41) is 4.82. The van der Waals surface area contributed by atoms with Crippen LogP contribution in [0.2, 0.25) is 0 Å². The van der Waals surface area contributed by atoms with Crippen LogP contribution in [-0.4, -0.2) is 27.2 Å². The number of hydrogen-bond acceptors (Lipinski definition) is 4. The van der Waals surface area contributed by atoms with E-state index in [-0.39, 0.29) is 17.3 Å². The fraction of sp³-hybridized carbons (Fsp3) is 0.389. The van der Waals surface area contributed by atoms with Crippen molar-refractivity contribution in [3.63, 3.8) is 0 Å². The van der Waals surface area contributed by atoms with Crippen molar-refractivity contribution in [2.75, 3.05) is 11.4 Å². The van der Waals surface area contributed by atoms with E-state index in [0.29, 0.717) is 22.9 Å². The molecule has 0 bridgehead atoms. The maximum Gasteiger partial charge on any atom is 0.231 e. The predicted octanol–water partition coefficient (Wildman–Crippen LogP) is 3.83. The van der Waals surface area contributed by atoms with Gasteiger partial charge in [0.15, 0.2) is 10.9 Å². The average molecular weight is 376 g/mol. The molecule has 0 spiro atoms. The summed E-state index contributed by atoms with van der Waals surface area (Å²) >= 11 is 1.14. The molecule has 4 rings (SSSR count). The number of hydrogen-bond donors (Lipinski definition) is 0. The summed E-state index contributed by atoms with van der Waals surface area (Å²) in [6.07, 6.45) is 1.73. The first-order valence-electron chi connectivity index (χ1n) is 8.50. The molecule has 0 unspecified atom stereocenters. The number of carbonyl (C=O) groups excluding carboxylic acids is 1. The van der Waals surface area contributed by atoms with Gasteiger partial charge in [0.1, 0.15) is 11.3 Å². The smallest absolute Gasteiger partial charge is 0.231 e. The Morgan fingerprint density at radius 3 is 2.73 bits per heavy atom. The molecule has 26 heavy (non-hydrogen) atoms. The topological polar surface area (TPSA) is 51.0 Å². The molecule has 2 heterocycles. The maximum absolute atomic E-state index is 14.0. The first-order chi connectivity index (χ1) is 12.4. The van der Waals surface area contributed by atoms with E-state index in [1.807, 2.05) is 24.6 Å². The SMILES string of the molecule is Cc1cc(C)n(CCN(C(=O)C2CC2)c2nc3c(F)cc(F)cc3s2)n1. The van der Waals surface area contributed by atoms with Crippen molar-refractivity contribution in [2.45, 2.75) is 33.2 Å². The van der Waals surface area contributed by atoms with Crippen molar-refractivity contribution in [1.82, 2.24) is 14.8 Å². The van der Waals surface area contributed by atoms with Crippen LogP contribution in [0.1, 0.15) is 24.2 Å². The number of aromatic nitrogens is 3. The number of rotatable bonds is 5. The Hall–Kier alpha value is -2.35. The van der Waals surface area contributed by atoms with Crippen LogP contribution in [0, 0.1) is 31.4 Å². The molecule has 8 heteroatoms. The number of carbonyl (C=O) groups is 1. The van der Waals surface area contributed by atoms with Crippen molar-refractivity contribution in [1.29, 1.82) is 0 Å². The normalized spacial score (nSPS) is 14.2. The molecule has 1 aliphatic carbocycles. The van der Waals surface area contributed by atoms with Crippen molar-refractivity contribution in [3.8, 4) is 0 Å². The van der Waals surface area contributed by atoms with E-state index < -0.39 is 11.6 Å². The zero-order valence-electron chi connectivity index (χ0n) is 14.5. The third-order valence-electron chi connectivity index (χ3n) is 4.46. The minimum atomic E-state index is -0.708. The van der Waals surface area contributed by atoms with Gasteiger partial charge in [-0.25, -0.2) is 13.8 Å². The van der Waals surface area contributed by atoms with E-state index in [2.05, 4.69) is 10.1 Å². The van der Waals surface area contributed by atoms with E-state index >= 15 is 0 Å². The van der Waals surface area contributed by atoms with E-state index in [1.165, 1.54) is 6.07 Å². The second-order valence-electron chi connectivity index (χ2n) is 6.65. The molecule has 0 atom stereocenters. The first-order valence-corrected chi connectivity index (χ1v) is 9.32. The van der Waals surface area contributed by atoms with Gasteiger partial charge in [-0.1, -0.05) is 11.3 Å². The molecular weight excluding hydrogens is 358 g/mol. The fourth-order valence-corrected chi connectivity index (χ4v) is 4.04. The number of aryl methyl sites for hydroxylation is 2. The Balaban J connectivity index is 1.65. The summed E-state index contributed by atoms with van der Waals surface area (Å²) in [6, 6.07) is 4.04. The van der Waals surface area contributed by atoms with Crippen LogP contribution in [0.5, 0.6) is 0 Å². The molecule has 2 aromatic heterocycles. The molecule has 0 aliphatic heterocycles. The summed E-state index contributed by atoms with van der Waals surface area (Å²) < 4.78 is 29.7. The van der Waals surface area contributed by atoms with Crippen LogP contribution in [0.25, 0.3) is 10.2 Å². The van der Waals surface area contributed by atoms with Crippen LogP contribution in [-0.2, 0) is 11.3 Å². The molecule has 1 aromatic carbocycles. The van der Waals surface area contributed by atoms with Gasteiger partial charge >= 0.3 is 0 Å². The Labute approximate surface area is 153 Å². The monoisotopic (exact) mass is 376 g/mol. The van der Waals surface area contributed by atoms with Gasteiger partial charge in [0, 0.05) is 24.2 Å². The highest BCUT2D eigenvalue weighted by Crippen LogP contribution is 2.36. The van der Waals surface area contributed by atoms with Gasteiger partial charge in [0.05, 0.1) is 16.9 Å². The summed E-state index contributed by atoms with van der Waals surface area (Å²) in [6.45, 7) is 4.79. The highest BCUT2D eigenvalue weighted by molar-refractivity contribution is 7.22. The van der Waals surface area contributed by atoms with Crippen LogP contribution < -0.4 is 4.90 Å². The van der Waals surface area contributed by atoms with Gasteiger partial charge in [0.25, 0.3) is 0 Å². The number of anilines is 1. The number of benzene rings is 1. The standard InChI is InChI=1S/C18H18F2N4OS/c1-10-7-11(2)24(22-10)6-5-23(17(25)12-3-4-12)18-21-16-14(20)8-13(19)9-15(16)26-18/h7-9,12H,3-6H2,1-2H3. The quantitative estimate of drug-likeness (QED) is 0.680. The third-order valence-corrected chi connectivity index (χ3v) is 5.49. The Morgan fingerprint density at radius 2 is 2.08 bits per heavy atom. The maximum atomic E-state index is 14.0. The lowest BCUT2D eigenvalue weighted by molar-refractivity contribution is -0.119. The lowest BCUT2D eigenvalue weighted by atomic mass is 10.3. The highest BCUT2D eigenvalue weighted by Gasteiger charge is 2.35. The molecule has 3 aromatic rings. The Bertz CT molecular complexity index is 993. The average Bonchev–Trinajstić information content (AvgIpc) is 3.26. The lowest BCUT2D eigenvalue weighted by Crippen LogP contribution is -2.35. The van der Waals surface area contributed by atoms with Gasteiger partial charge in [0.2, 0.25) is 5.91 Å². The van der Waals surface area contributed by atoms with Crippen LogP contribution >= 0.6 is 11.3 Å². The minimum Gasteiger partial charge on any atom is -0.286 e. The highest BCUT2D eigenvalue weighted by atomic mass is 32.1. The van der Waals surface area contributed by atoms with Gasteiger partial charge in [-0.2, -0.15) is 5.10 Å². The summed E-state index contributed by atoms with van der Waals surface area (Å²) in [7, 11) is 0. The third kappa shape index (κ3) is 3.21. The number of amides is 1. The Kier molecular flexibility index (Phi) is 4.22. The van der Waals surface area contributed by atoms with Crippen LogP contribution in [0.4, 0.5) is 13.9 Å². The van der Waals surface area contributed by atoms with E-state index in [9.17, 15) is 13.6 Å². The molecule has 1 saturated carbocycles. The number of thiazole rings is 1. The molecule has 0 saturated heterocycles. The van der Waals surface area contributed by atoms with Crippen LogP contribution in [0.3, 0.4) is 0 Å². The van der Waals surface area contributed by atoms with Gasteiger partial charge in [-0.15, -0.1) is 0 Å². The second-order valence-corrected chi connectivity index (χ2v) is 7.65. The van der Waals surface area contributed by atoms with Crippen molar-refractivity contribution in [2.24, 2.45) is 5.92 Å². The zero-order chi connectivity index (χ0) is 18.4. The minimum absolute atomic E-state index is 0.00375. The molecule has 0 radical (unpaired) electrons. The lowest BCUT2D eigenvalue weighted by Gasteiger charge is -2.20. The number of halogens is 2. The van der Waals surface area contributed by atoms with Crippen molar-refractivity contribution < 1.29 is 13.6 Å². The molecule has 1 fully saturated rings. The van der Waals surface area contributed by atoms with Crippen molar-refractivity contribution in [3.05, 3.63) is 41.2 Å².